The number of ether oxygens (including phenoxy) is 1. The van der Waals surface area contributed by atoms with E-state index in [2.05, 4.69) is 9.98 Å². The van der Waals surface area contributed by atoms with E-state index in [0.29, 0.717) is 26.3 Å². The molecule has 1 aliphatic rings. The first kappa shape index (κ1) is 20.0. The first-order valence-corrected chi connectivity index (χ1v) is 10.5. The van der Waals surface area contributed by atoms with Crippen molar-refractivity contribution in [2.45, 2.75) is 26.8 Å². The molecule has 6 nitrogen and oxygen atoms in total. The van der Waals surface area contributed by atoms with Crippen molar-refractivity contribution in [1.29, 1.82) is 0 Å². The summed E-state index contributed by atoms with van der Waals surface area (Å²) in [6, 6.07) is 14.6. The number of carbonyl (C=O) groups is 1. The number of hydrogen-bond acceptors (Lipinski definition) is 6. The molecule has 152 valence electrons. The van der Waals surface area contributed by atoms with Crippen molar-refractivity contribution in [2.75, 3.05) is 6.61 Å². The van der Waals surface area contributed by atoms with E-state index in [-0.39, 0.29) is 12.2 Å². The van der Waals surface area contributed by atoms with Crippen molar-refractivity contribution in [3.63, 3.8) is 0 Å². The second kappa shape index (κ2) is 8.20. The van der Waals surface area contributed by atoms with E-state index in [0.717, 1.165) is 11.3 Å². The zero-order valence-corrected chi connectivity index (χ0v) is 17.8. The quantitative estimate of drug-likeness (QED) is 0.609. The Morgan fingerprint density at radius 2 is 1.93 bits per heavy atom. The van der Waals surface area contributed by atoms with Crippen LogP contribution in [0.3, 0.4) is 0 Å². The lowest BCUT2D eigenvalue weighted by atomic mass is 9.96. The number of pyridine rings is 1. The van der Waals surface area contributed by atoms with Gasteiger partial charge >= 0.3 is 5.97 Å². The number of nitrogens with zero attached hydrogens (tertiary/aromatic N) is 3. The van der Waals surface area contributed by atoms with Crippen LogP contribution in [0.4, 0.5) is 0 Å². The molecule has 1 aliphatic heterocycles. The highest BCUT2D eigenvalue weighted by molar-refractivity contribution is 7.07. The Morgan fingerprint density at radius 1 is 1.17 bits per heavy atom. The van der Waals surface area contributed by atoms with Gasteiger partial charge in [-0.1, -0.05) is 47.7 Å². The molecule has 3 heterocycles. The van der Waals surface area contributed by atoms with Crippen LogP contribution in [0.1, 0.15) is 36.8 Å². The van der Waals surface area contributed by atoms with Crippen LogP contribution in [0.25, 0.3) is 6.08 Å². The fourth-order valence-electron chi connectivity index (χ4n) is 3.52. The zero-order chi connectivity index (χ0) is 21.3. The van der Waals surface area contributed by atoms with Gasteiger partial charge in [0, 0.05) is 5.69 Å². The summed E-state index contributed by atoms with van der Waals surface area (Å²) < 4.78 is 7.39. The third kappa shape index (κ3) is 3.64. The molecule has 1 aromatic carbocycles. The van der Waals surface area contributed by atoms with Crippen LogP contribution in [0.15, 0.2) is 69.6 Å². The van der Waals surface area contributed by atoms with Gasteiger partial charge in [-0.05, 0) is 44.5 Å². The summed E-state index contributed by atoms with van der Waals surface area (Å²) >= 11 is 1.29. The minimum absolute atomic E-state index is 0.204. The normalized spacial score (nSPS) is 16.2. The molecule has 1 atom stereocenters. The maximum Gasteiger partial charge on any atom is 0.338 e. The number of rotatable bonds is 4. The highest BCUT2D eigenvalue weighted by atomic mass is 32.1. The number of allylic oxidation sites excluding steroid dienone is 1. The maximum atomic E-state index is 13.4. The zero-order valence-electron chi connectivity index (χ0n) is 17.0. The van der Waals surface area contributed by atoms with Gasteiger partial charge in [0.2, 0.25) is 0 Å². The molecule has 0 saturated carbocycles. The highest BCUT2D eigenvalue weighted by Crippen LogP contribution is 2.30. The molecule has 7 heteroatoms. The molecule has 1 unspecified atom stereocenters. The van der Waals surface area contributed by atoms with Gasteiger partial charge in [-0.25, -0.2) is 9.79 Å². The molecule has 0 saturated heterocycles. The lowest BCUT2D eigenvalue weighted by Gasteiger charge is -2.24. The number of fused-ring (bicyclic) bond motifs is 1. The average Bonchev–Trinajstić information content (AvgIpc) is 3.02. The molecule has 2 aromatic heterocycles. The maximum absolute atomic E-state index is 13.4. The molecule has 0 N–H and O–H groups in total. The van der Waals surface area contributed by atoms with Crippen LogP contribution in [-0.4, -0.2) is 22.1 Å². The summed E-state index contributed by atoms with van der Waals surface area (Å²) in [5, 5.41) is 0. The molecule has 0 aliphatic carbocycles. The molecule has 4 rings (SSSR count). The highest BCUT2D eigenvalue weighted by Gasteiger charge is 2.33. The van der Waals surface area contributed by atoms with Crippen LogP contribution < -0.4 is 14.9 Å². The number of benzene rings is 1. The van der Waals surface area contributed by atoms with Gasteiger partial charge in [0.1, 0.15) is 0 Å². The van der Waals surface area contributed by atoms with E-state index in [4.69, 9.17) is 4.74 Å². The molecule has 0 spiro atoms. The number of hydrogen-bond donors (Lipinski definition) is 0. The average molecular weight is 420 g/mol. The second-order valence-corrected chi connectivity index (χ2v) is 7.93. The topological polar surface area (TPSA) is 73.6 Å². The predicted octanol–water partition coefficient (Wildman–Crippen LogP) is 2.50. The monoisotopic (exact) mass is 419 g/mol. The van der Waals surface area contributed by atoms with Crippen molar-refractivity contribution in [1.82, 2.24) is 9.55 Å². The van der Waals surface area contributed by atoms with Crippen LogP contribution in [0.2, 0.25) is 0 Å². The summed E-state index contributed by atoms with van der Waals surface area (Å²) in [7, 11) is 0. The fraction of sp³-hybridized carbons (Fsp3) is 0.217. The Hall–Kier alpha value is -3.32. The van der Waals surface area contributed by atoms with E-state index in [9.17, 15) is 9.59 Å². The fourth-order valence-corrected chi connectivity index (χ4v) is 4.55. The number of esters is 1. The molecule has 0 fully saturated rings. The first-order chi connectivity index (χ1) is 14.5. The molecule has 3 aromatic rings. The summed E-state index contributed by atoms with van der Waals surface area (Å²) in [4.78, 5) is 35.8. The van der Waals surface area contributed by atoms with Crippen LogP contribution in [-0.2, 0) is 9.53 Å². The number of aromatic nitrogens is 2. The number of aryl methyl sites for hydroxylation is 1. The Balaban J connectivity index is 1.96. The summed E-state index contributed by atoms with van der Waals surface area (Å²) in [5.74, 6) is -0.456. The van der Waals surface area contributed by atoms with Crippen molar-refractivity contribution in [3.05, 3.63) is 96.4 Å². The molecule has 0 amide bonds. The van der Waals surface area contributed by atoms with Crippen LogP contribution >= 0.6 is 11.3 Å². The first-order valence-electron chi connectivity index (χ1n) is 9.68. The smallest absolute Gasteiger partial charge is 0.338 e. The van der Waals surface area contributed by atoms with Gasteiger partial charge in [-0.3, -0.25) is 14.3 Å². The lowest BCUT2D eigenvalue weighted by molar-refractivity contribution is -0.139. The van der Waals surface area contributed by atoms with E-state index in [1.54, 1.807) is 24.5 Å². The van der Waals surface area contributed by atoms with Crippen molar-refractivity contribution in [3.8, 4) is 0 Å². The van der Waals surface area contributed by atoms with Crippen molar-refractivity contribution < 1.29 is 9.53 Å². The number of thiazole rings is 1. The van der Waals surface area contributed by atoms with E-state index in [1.807, 2.05) is 55.5 Å². The van der Waals surface area contributed by atoms with Crippen molar-refractivity contribution >= 4 is 23.4 Å². The molecule has 30 heavy (non-hydrogen) atoms. The Labute approximate surface area is 177 Å². The van der Waals surface area contributed by atoms with Gasteiger partial charge in [-0.15, -0.1) is 0 Å². The molecular weight excluding hydrogens is 398 g/mol. The minimum Gasteiger partial charge on any atom is -0.463 e. The van der Waals surface area contributed by atoms with Crippen LogP contribution in [0.5, 0.6) is 0 Å². The summed E-state index contributed by atoms with van der Waals surface area (Å²) in [6.45, 7) is 5.70. The molecule has 0 bridgehead atoms. The minimum atomic E-state index is -0.589. The van der Waals surface area contributed by atoms with E-state index in [1.165, 1.54) is 11.3 Å². The van der Waals surface area contributed by atoms with Gasteiger partial charge < -0.3 is 4.74 Å². The van der Waals surface area contributed by atoms with Gasteiger partial charge in [0.05, 0.1) is 34.1 Å². The third-order valence-electron chi connectivity index (χ3n) is 4.82. The predicted molar refractivity (Wildman–Crippen MR) is 116 cm³/mol. The summed E-state index contributed by atoms with van der Waals surface area (Å²) in [5.41, 5.74) is 3.15. The van der Waals surface area contributed by atoms with Crippen molar-refractivity contribution in [2.24, 2.45) is 4.99 Å². The van der Waals surface area contributed by atoms with E-state index < -0.39 is 12.0 Å². The SMILES string of the molecule is CCOC(=O)C1=C(C)N=c2sc(=Cc3cccc(C)n3)c(=O)n2C1c1ccccc1. The number of carbonyl (C=O) groups excluding carboxylic acids is 1. The van der Waals surface area contributed by atoms with Gasteiger partial charge in [0.15, 0.2) is 4.80 Å². The third-order valence-corrected chi connectivity index (χ3v) is 5.80. The second-order valence-electron chi connectivity index (χ2n) is 6.92. The molecular formula is C23H21N3O3S. The van der Waals surface area contributed by atoms with E-state index >= 15 is 0 Å². The summed E-state index contributed by atoms with van der Waals surface area (Å²) in [6.07, 6.45) is 1.77. The van der Waals surface area contributed by atoms with Gasteiger partial charge in [-0.2, -0.15) is 0 Å². The largest absolute Gasteiger partial charge is 0.463 e. The lowest BCUT2D eigenvalue weighted by Crippen LogP contribution is -2.39. The molecule has 0 radical (unpaired) electrons. The Morgan fingerprint density at radius 3 is 2.63 bits per heavy atom. The Kier molecular flexibility index (Phi) is 5.46. The van der Waals surface area contributed by atoms with Gasteiger partial charge in [0.25, 0.3) is 5.56 Å². The Bertz CT molecular complexity index is 1320. The standard InChI is InChI=1S/C23H21N3O3S/c1-4-29-22(28)19-15(3)25-23-26(20(19)16-10-6-5-7-11-16)21(27)18(30-23)13-17-12-8-9-14(2)24-17/h5-13,20H,4H2,1-3H3. The van der Waals surface area contributed by atoms with Crippen LogP contribution in [0, 0.1) is 6.92 Å².